The molecule has 1 amide bonds. The highest BCUT2D eigenvalue weighted by molar-refractivity contribution is 7.99. The highest BCUT2D eigenvalue weighted by Gasteiger charge is 2.36. The first kappa shape index (κ1) is 16.2. The molecule has 5 heteroatoms. The van der Waals surface area contributed by atoms with Gasteiger partial charge in [-0.2, -0.15) is 11.8 Å². The lowest BCUT2D eigenvalue weighted by molar-refractivity contribution is -0.116. The first-order valence-corrected chi connectivity index (χ1v) is 8.60. The van der Waals surface area contributed by atoms with Crippen LogP contribution in [0.2, 0.25) is 0 Å². The van der Waals surface area contributed by atoms with Crippen molar-refractivity contribution < 1.29 is 14.3 Å². The average Bonchev–Trinajstić information content (AvgIpc) is 3.02. The third-order valence-electron chi connectivity index (χ3n) is 3.51. The zero-order valence-corrected chi connectivity index (χ0v) is 13.2. The second kappa shape index (κ2) is 8.29. The van der Waals surface area contributed by atoms with Gasteiger partial charge in [-0.05, 0) is 42.7 Å². The maximum atomic E-state index is 11.6. The average molecular weight is 309 g/mol. The van der Waals surface area contributed by atoms with Crippen LogP contribution in [-0.2, 0) is 4.79 Å². The number of thioether (sulfide) groups is 1. The van der Waals surface area contributed by atoms with E-state index in [1.54, 1.807) is 17.8 Å². The van der Waals surface area contributed by atoms with Crippen LogP contribution in [0.1, 0.15) is 37.2 Å². The molecule has 2 unspecified atom stereocenters. The predicted octanol–water partition coefficient (Wildman–Crippen LogP) is 2.65. The molecule has 2 N–H and O–H groups in total. The molecule has 1 aromatic heterocycles. The van der Waals surface area contributed by atoms with Gasteiger partial charge in [-0.3, -0.25) is 4.79 Å². The van der Waals surface area contributed by atoms with Crippen molar-refractivity contribution >= 4 is 23.7 Å². The van der Waals surface area contributed by atoms with E-state index in [2.05, 4.69) is 12.2 Å². The summed E-state index contributed by atoms with van der Waals surface area (Å²) >= 11 is 1.73. The van der Waals surface area contributed by atoms with Gasteiger partial charge in [0.05, 0.1) is 0 Å². The van der Waals surface area contributed by atoms with E-state index in [1.807, 2.05) is 12.1 Å². The largest absolute Gasteiger partial charge is 0.461 e. The summed E-state index contributed by atoms with van der Waals surface area (Å²) in [7, 11) is 0. The maximum absolute atomic E-state index is 11.6. The van der Waals surface area contributed by atoms with Crippen LogP contribution in [0.4, 0.5) is 0 Å². The van der Waals surface area contributed by atoms with Crippen LogP contribution in [-0.4, -0.2) is 35.7 Å². The van der Waals surface area contributed by atoms with Crippen molar-refractivity contribution in [2.45, 2.75) is 25.7 Å². The molecule has 1 aromatic rings. The number of carbonyl (C=O) groups is 1. The molecule has 21 heavy (non-hydrogen) atoms. The number of nitrogens with one attached hydrogen (secondary N) is 1. The Morgan fingerprint density at radius 2 is 2.33 bits per heavy atom. The van der Waals surface area contributed by atoms with Gasteiger partial charge in [0.2, 0.25) is 5.91 Å². The van der Waals surface area contributed by atoms with E-state index in [1.165, 1.54) is 12.5 Å². The second-order valence-electron chi connectivity index (χ2n) is 5.37. The molecule has 0 bridgehead atoms. The number of hydrogen-bond acceptors (Lipinski definition) is 4. The van der Waals surface area contributed by atoms with Crippen molar-refractivity contribution in [3.63, 3.8) is 0 Å². The number of aliphatic hydroxyl groups is 1. The summed E-state index contributed by atoms with van der Waals surface area (Å²) in [6.45, 7) is 3.09. The van der Waals surface area contributed by atoms with Crippen molar-refractivity contribution in [1.82, 2.24) is 5.32 Å². The molecule has 0 saturated heterocycles. The van der Waals surface area contributed by atoms with E-state index < -0.39 is 0 Å². The zero-order chi connectivity index (χ0) is 15.1. The number of furan rings is 1. The van der Waals surface area contributed by atoms with E-state index in [-0.39, 0.29) is 12.5 Å². The minimum Gasteiger partial charge on any atom is -0.461 e. The van der Waals surface area contributed by atoms with Crippen molar-refractivity contribution in [3.05, 3.63) is 29.7 Å². The van der Waals surface area contributed by atoms with Gasteiger partial charge in [-0.25, -0.2) is 0 Å². The Balaban J connectivity index is 1.64. The molecular formula is C16H23NO3S. The topological polar surface area (TPSA) is 62.5 Å². The lowest BCUT2D eigenvalue weighted by Crippen LogP contribution is -2.23. The number of carbonyl (C=O) groups excluding carboxylic acids is 1. The number of amides is 1. The van der Waals surface area contributed by atoms with Crippen LogP contribution >= 0.6 is 11.8 Å². The van der Waals surface area contributed by atoms with Gasteiger partial charge in [-0.1, -0.05) is 6.92 Å². The fourth-order valence-electron chi connectivity index (χ4n) is 2.11. The van der Waals surface area contributed by atoms with Crippen LogP contribution in [0.25, 0.3) is 6.08 Å². The third-order valence-corrected chi connectivity index (χ3v) is 4.58. The van der Waals surface area contributed by atoms with Gasteiger partial charge in [-0.15, -0.1) is 0 Å². The highest BCUT2D eigenvalue weighted by atomic mass is 32.2. The minimum absolute atomic E-state index is 0.101. The fourth-order valence-corrected chi connectivity index (χ4v) is 2.89. The summed E-state index contributed by atoms with van der Waals surface area (Å²) in [6.07, 6.45) is 5.23. The van der Waals surface area contributed by atoms with E-state index in [9.17, 15) is 4.79 Å². The molecule has 1 aliphatic carbocycles. The summed E-state index contributed by atoms with van der Waals surface area (Å²) in [5.74, 6) is 4.74. The SMILES string of the molecule is CC1CC1c1ccc(/C=C/C(=O)NCCSCCCO)o1. The first-order valence-electron chi connectivity index (χ1n) is 7.45. The predicted molar refractivity (Wildman–Crippen MR) is 86.3 cm³/mol. The molecule has 0 aliphatic heterocycles. The Morgan fingerprint density at radius 3 is 3.05 bits per heavy atom. The Morgan fingerprint density at radius 1 is 1.52 bits per heavy atom. The van der Waals surface area contributed by atoms with Gasteiger partial charge >= 0.3 is 0 Å². The molecule has 1 heterocycles. The lowest BCUT2D eigenvalue weighted by Gasteiger charge is -2.01. The summed E-state index contributed by atoms with van der Waals surface area (Å²) in [5, 5.41) is 11.5. The van der Waals surface area contributed by atoms with Crippen LogP contribution in [0.15, 0.2) is 22.6 Å². The van der Waals surface area contributed by atoms with E-state index >= 15 is 0 Å². The van der Waals surface area contributed by atoms with Crippen molar-refractivity contribution in [2.24, 2.45) is 5.92 Å². The van der Waals surface area contributed by atoms with E-state index in [4.69, 9.17) is 9.52 Å². The van der Waals surface area contributed by atoms with Crippen LogP contribution in [0.5, 0.6) is 0 Å². The molecule has 116 valence electrons. The quantitative estimate of drug-likeness (QED) is 0.544. The standard InChI is InChI=1S/C16H23NO3S/c1-12-11-14(12)15-5-3-13(20-15)4-6-16(19)17-7-10-21-9-2-8-18/h3-6,12,14,18H,2,7-11H2,1H3,(H,17,19)/b6-4+. The first-order chi connectivity index (χ1) is 10.2. The van der Waals surface area contributed by atoms with Crippen molar-refractivity contribution in [1.29, 1.82) is 0 Å². The van der Waals surface area contributed by atoms with Gasteiger partial charge in [0, 0.05) is 30.9 Å². The molecule has 0 radical (unpaired) electrons. The molecule has 0 spiro atoms. The van der Waals surface area contributed by atoms with Crippen LogP contribution < -0.4 is 5.32 Å². The summed E-state index contributed by atoms with van der Waals surface area (Å²) in [6, 6.07) is 3.92. The highest BCUT2D eigenvalue weighted by Crippen LogP contribution is 2.47. The minimum atomic E-state index is -0.101. The number of hydrogen-bond donors (Lipinski definition) is 2. The van der Waals surface area contributed by atoms with Crippen molar-refractivity contribution in [3.8, 4) is 0 Å². The summed E-state index contributed by atoms with van der Waals surface area (Å²) in [5.41, 5.74) is 0. The van der Waals surface area contributed by atoms with Crippen molar-refractivity contribution in [2.75, 3.05) is 24.7 Å². The maximum Gasteiger partial charge on any atom is 0.244 e. The normalized spacial score (nSPS) is 20.9. The molecule has 4 nitrogen and oxygen atoms in total. The van der Waals surface area contributed by atoms with E-state index in [0.29, 0.717) is 12.5 Å². The van der Waals surface area contributed by atoms with E-state index in [0.717, 1.165) is 35.4 Å². The molecule has 2 atom stereocenters. The molecule has 0 aromatic carbocycles. The molecule has 2 rings (SSSR count). The third kappa shape index (κ3) is 5.59. The smallest absolute Gasteiger partial charge is 0.244 e. The monoisotopic (exact) mass is 309 g/mol. The Labute approximate surface area is 130 Å². The van der Waals surface area contributed by atoms with Gasteiger partial charge in [0.15, 0.2) is 0 Å². The number of rotatable bonds is 9. The second-order valence-corrected chi connectivity index (χ2v) is 6.60. The molecule has 1 aliphatic rings. The van der Waals surface area contributed by atoms with Crippen LogP contribution in [0, 0.1) is 5.92 Å². The lowest BCUT2D eigenvalue weighted by atomic mass is 10.3. The number of aliphatic hydroxyl groups excluding tert-OH is 1. The molecular weight excluding hydrogens is 286 g/mol. The molecule has 1 saturated carbocycles. The Bertz CT molecular complexity index is 484. The fraction of sp³-hybridized carbons (Fsp3) is 0.562. The van der Waals surface area contributed by atoms with Gasteiger partial charge < -0.3 is 14.8 Å². The van der Waals surface area contributed by atoms with Gasteiger partial charge in [0.25, 0.3) is 0 Å². The van der Waals surface area contributed by atoms with Crippen LogP contribution in [0.3, 0.4) is 0 Å². The summed E-state index contributed by atoms with van der Waals surface area (Å²) in [4.78, 5) is 11.6. The molecule has 1 fully saturated rings. The Hall–Kier alpha value is -1.20. The summed E-state index contributed by atoms with van der Waals surface area (Å²) < 4.78 is 5.70. The Kier molecular flexibility index (Phi) is 6.39. The zero-order valence-electron chi connectivity index (χ0n) is 12.4. The van der Waals surface area contributed by atoms with Gasteiger partial charge in [0.1, 0.15) is 11.5 Å².